The molecule has 4 rings (SSSR count). The van der Waals surface area contributed by atoms with Crippen molar-refractivity contribution in [3.63, 3.8) is 0 Å². The molecule has 34 heavy (non-hydrogen) atoms. The largest absolute Gasteiger partial charge is 0.326 e. The molecule has 2 atom stereocenters. The molecule has 0 aromatic heterocycles. The first kappa shape index (κ1) is 23.6. The summed E-state index contributed by atoms with van der Waals surface area (Å²) in [4.78, 5) is 51.8. The van der Waals surface area contributed by atoms with Crippen LogP contribution >= 0.6 is 0 Å². The van der Waals surface area contributed by atoms with Gasteiger partial charge in [-0.1, -0.05) is 69.3 Å². The Kier molecular flexibility index (Phi) is 6.51. The van der Waals surface area contributed by atoms with Gasteiger partial charge in [-0.3, -0.25) is 24.1 Å². The second kappa shape index (κ2) is 9.37. The Hall–Kier alpha value is -3.54. The van der Waals surface area contributed by atoms with Crippen molar-refractivity contribution in [2.24, 2.45) is 11.8 Å². The van der Waals surface area contributed by atoms with E-state index >= 15 is 0 Å². The van der Waals surface area contributed by atoms with Gasteiger partial charge in [0.1, 0.15) is 0 Å². The molecular weight excluding hydrogens is 428 g/mol. The third kappa shape index (κ3) is 4.86. The maximum absolute atomic E-state index is 12.9. The molecule has 0 unspecified atom stereocenters. The van der Waals surface area contributed by atoms with Crippen molar-refractivity contribution >= 4 is 29.2 Å². The number of rotatable bonds is 6. The van der Waals surface area contributed by atoms with Crippen molar-refractivity contribution in [1.82, 2.24) is 4.90 Å². The number of imide groups is 1. The van der Waals surface area contributed by atoms with Gasteiger partial charge in [0.2, 0.25) is 17.7 Å². The zero-order chi connectivity index (χ0) is 24.5. The maximum atomic E-state index is 12.9. The van der Waals surface area contributed by atoms with E-state index < -0.39 is 0 Å². The first-order valence-corrected chi connectivity index (χ1v) is 11.7. The number of hydrogen-bond acceptors (Lipinski definition) is 4. The highest BCUT2D eigenvalue weighted by Crippen LogP contribution is 2.35. The van der Waals surface area contributed by atoms with Gasteiger partial charge in [0.15, 0.2) is 5.78 Å². The summed E-state index contributed by atoms with van der Waals surface area (Å²) in [6.45, 7) is 6.43. The summed E-state index contributed by atoms with van der Waals surface area (Å²) in [5.41, 5.74) is 2.71. The van der Waals surface area contributed by atoms with Crippen molar-refractivity contribution in [2.45, 2.75) is 45.4 Å². The molecule has 6 heteroatoms. The minimum atomic E-state index is -0.312. The number of nitrogens with one attached hydrogen (secondary N) is 1. The molecule has 6 nitrogen and oxygen atoms in total. The Morgan fingerprint density at radius 2 is 1.53 bits per heavy atom. The van der Waals surface area contributed by atoms with Gasteiger partial charge < -0.3 is 5.32 Å². The number of fused-ring (bicyclic) bond motifs is 1. The molecule has 0 saturated carbocycles. The average Bonchev–Trinajstić information content (AvgIpc) is 3.06. The van der Waals surface area contributed by atoms with E-state index in [1.54, 1.807) is 24.3 Å². The minimum Gasteiger partial charge on any atom is -0.326 e. The molecular formula is C28H30N2O4. The lowest BCUT2D eigenvalue weighted by Crippen LogP contribution is -2.34. The molecule has 0 radical (unpaired) electrons. The SMILES string of the molecule is CC(C)(C)c1ccc(C(=O)c2cccc(NC(=O)CCN3C(=O)[C@H]4CC=CC[C@H]4C3=O)c2)cc1. The number of carbonyl (C=O) groups excluding carboxylic acids is 4. The summed E-state index contributed by atoms with van der Waals surface area (Å²) in [6.07, 6.45) is 5.05. The van der Waals surface area contributed by atoms with Crippen molar-refractivity contribution in [1.29, 1.82) is 0 Å². The number of amides is 3. The van der Waals surface area contributed by atoms with Gasteiger partial charge in [-0.25, -0.2) is 0 Å². The molecule has 0 bridgehead atoms. The highest BCUT2D eigenvalue weighted by Gasteiger charge is 2.46. The van der Waals surface area contributed by atoms with Gasteiger partial charge in [0.05, 0.1) is 11.8 Å². The summed E-state index contributed by atoms with van der Waals surface area (Å²) < 4.78 is 0. The van der Waals surface area contributed by atoms with Gasteiger partial charge in [-0.05, 0) is 36.0 Å². The molecule has 176 valence electrons. The van der Waals surface area contributed by atoms with E-state index in [2.05, 4.69) is 26.1 Å². The highest BCUT2D eigenvalue weighted by molar-refractivity contribution is 6.10. The number of likely N-dealkylation sites (tertiary alicyclic amines) is 1. The zero-order valence-electron chi connectivity index (χ0n) is 19.8. The highest BCUT2D eigenvalue weighted by atomic mass is 16.2. The monoisotopic (exact) mass is 458 g/mol. The molecule has 1 aliphatic heterocycles. The van der Waals surface area contributed by atoms with E-state index in [1.807, 2.05) is 36.4 Å². The quantitative estimate of drug-likeness (QED) is 0.393. The summed E-state index contributed by atoms with van der Waals surface area (Å²) in [5, 5.41) is 2.78. The van der Waals surface area contributed by atoms with Gasteiger partial charge in [0.25, 0.3) is 0 Å². The Labute approximate surface area is 200 Å². The first-order valence-electron chi connectivity index (χ1n) is 11.7. The van der Waals surface area contributed by atoms with Crippen LogP contribution in [0.3, 0.4) is 0 Å². The van der Waals surface area contributed by atoms with Crippen molar-refractivity contribution in [2.75, 3.05) is 11.9 Å². The number of hydrogen-bond donors (Lipinski definition) is 1. The Morgan fingerprint density at radius 1 is 0.912 bits per heavy atom. The third-order valence-electron chi connectivity index (χ3n) is 6.58. The first-order chi connectivity index (χ1) is 16.1. The maximum Gasteiger partial charge on any atom is 0.233 e. The summed E-state index contributed by atoms with van der Waals surface area (Å²) in [5.74, 6) is -1.38. The Morgan fingerprint density at radius 3 is 2.12 bits per heavy atom. The lowest BCUT2D eigenvalue weighted by atomic mass is 9.85. The summed E-state index contributed by atoms with van der Waals surface area (Å²) >= 11 is 0. The molecule has 1 fully saturated rings. The molecule has 2 aromatic rings. The molecule has 1 saturated heterocycles. The van der Waals surface area contributed by atoms with Crippen LogP contribution in [0.1, 0.15) is 61.5 Å². The van der Waals surface area contributed by atoms with Gasteiger partial charge >= 0.3 is 0 Å². The number of anilines is 1. The van der Waals surface area contributed by atoms with Crippen molar-refractivity contribution in [3.05, 3.63) is 77.4 Å². The number of allylic oxidation sites excluding steroid dienone is 2. The van der Waals surface area contributed by atoms with Crippen LogP contribution in [-0.4, -0.2) is 34.9 Å². The molecule has 1 N–H and O–H groups in total. The minimum absolute atomic E-state index is 0.00493. The summed E-state index contributed by atoms with van der Waals surface area (Å²) in [7, 11) is 0. The number of ketones is 1. The molecule has 3 amide bonds. The van der Waals surface area contributed by atoms with E-state index in [0.29, 0.717) is 29.7 Å². The fourth-order valence-electron chi connectivity index (χ4n) is 4.55. The average molecular weight is 459 g/mol. The van der Waals surface area contributed by atoms with Crippen LogP contribution in [-0.2, 0) is 19.8 Å². The van der Waals surface area contributed by atoms with Gasteiger partial charge in [-0.2, -0.15) is 0 Å². The number of nitrogens with zero attached hydrogens (tertiary/aromatic N) is 1. The predicted octanol–water partition coefficient (Wildman–Crippen LogP) is 4.49. The van der Waals surface area contributed by atoms with Crippen LogP contribution in [0.4, 0.5) is 5.69 Å². The topological polar surface area (TPSA) is 83.6 Å². The Bertz CT molecular complexity index is 1130. The van der Waals surface area contributed by atoms with Crippen LogP contribution in [0.2, 0.25) is 0 Å². The predicted molar refractivity (Wildman–Crippen MR) is 130 cm³/mol. The second-order valence-electron chi connectivity index (χ2n) is 10.0. The van der Waals surface area contributed by atoms with E-state index in [1.165, 1.54) is 4.90 Å². The fourth-order valence-corrected chi connectivity index (χ4v) is 4.55. The zero-order valence-corrected chi connectivity index (χ0v) is 19.8. The van der Waals surface area contributed by atoms with Crippen LogP contribution < -0.4 is 5.32 Å². The normalized spacial score (nSPS) is 19.8. The van der Waals surface area contributed by atoms with Gasteiger partial charge in [-0.15, -0.1) is 0 Å². The molecule has 1 aliphatic carbocycles. The second-order valence-corrected chi connectivity index (χ2v) is 10.0. The van der Waals surface area contributed by atoms with Crippen LogP contribution in [0.25, 0.3) is 0 Å². The standard InChI is InChI=1S/C28H30N2O4/c1-28(2,3)20-13-11-18(12-14-20)25(32)19-7-6-8-21(17-19)29-24(31)15-16-30-26(33)22-9-4-5-10-23(22)27(30)34/h4-8,11-14,17,22-23H,9-10,15-16H2,1-3H3,(H,29,31)/t22-,23+. The lowest BCUT2D eigenvalue weighted by Gasteiger charge is -2.19. The van der Waals surface area contributed by atoms with Crippen LogP contribution in [0, 0.1) is 11.8 Å². The van der Waals surface area contributed by atoms with E-state index in [-0.39, 0.29) is 53.7 Å². The molecule has 1 heterocycles. The van der Waals surface area contributed by atoms with Gasteiger partial charge in [0, 0.05) is 29.8 Å². The number of carbonyl (C=O) groups is 4. The Balaban J connectivity index is 1.37. The van der Waals surface area contributed by atoms with Crippen LogP contribution in [0.15, 0.2) is 60.7 Å². The van der Waals surface area contributed by atoms with Crippen LogP contribution in [0.5, 0.6) is 0 Å². The van der Waals surface area contributed by atoms with Crippen molar-refractivity contribution in [3.8, 4) is 0 Å². The molecule has 2 aliphatic rings. The van der Waals surface area contributed by atoms with Crippen molar-refractivity contribution < 1.29 is 19.2 Å². The van der Waals surface area contributed by atoms with E-state index in [4.69, 9.17) is 0 Å². The smallest absolute Gasteiger partial charge is 0.233 e. The molecule has 2 aromatic carbocycles. The number of benzene rings is 2. The third-order valence-corrected chi connectivity index (χ3v) is 6.58. The summed E-state index contributed by atoms with van der Waals surface area (Å²) in [6, 6.07) is 14.4. The fraction of sp³-hybridized carbons (Fsp3) is 0.357. The lowest BCUT2D eigenvalue weighted by molar-refractivity contribution is -0.140. The molecule has 0 spiro atoms. The van der Waals surface area contributed by atoms with E-state index in [9.17, 15) is 19.2 Å². The van der Waals surface area contributed by atoms with E-state index in [0.717, 1.165) is 5.56 Å².